The number of carbonyl (C=O) groups is 1. The predicted octanol–water partition coefficient (Wildman–Crippen LogP) is 3.52. The second-order valence-electron chi connectivity index (χ2n) is 7.08. The Balaban J connectivity index is 0.00000392. The number of halogens is 3. The lowest BCUT2D eigenvalue weighted by atomic mass is 10.1. The van der Waals surface area contributed by atoms with E-state index in [9.17, 15) is 4.79 Å². The number of carbonyl (C=O) groups excluding carboxylic acids is 1. The van der Waals surface area contributed by atoms with E-state index in [4.69, 9.17) is 28.9 Å². The summed E-state index contributed by atoms with van der Waals surface area (Å²) in [4.78, 5) is 20.5. The molecule has 2 atom stereocenters. The number of nitrogens with two attached hydrogens (primary N) is 1. The van der Waals surface area contributed by atoms with Crippen molar-refractivity contribution in [3.8, 4) is 0 Å². The number of hydrogen-bond acceptors (Lipinski definition) is 3. The van der Waals surface area contributed by atoms with Gasteiger partial charge in [-0.15, -0.1) is 24.0 Å². The maximum Gasteiger partial charge on any atom is 0.239 e. The molecule has 3 N–H and O–H groups in total. The molecule has 1 aliphatic rings. The standard InChI is InChI=1S/C19H29Cl2N5O.HI/c1-13(15-8-7-14(20)12-16(15)21)24-19(22)23-9-5-11-26-10-4-6-17(26)18(27)25(2)3;/h7-8,12-13,17H,4-6,9-11H2,1-3H3,(H3,22,23,24);1H. The summed E-state index contributed by atoms with van der Waals surface area (Å²) in [6.07, 6.45) is 2.86. The number of hydrogen-bond donors (Lipinski definition) is 2. The molecule has 158 valence electrons. The van der Waals surface area contributed by atoms with E-state index in [0.29, 0.717) is 22.5 Å². The molecule has 0 spiro atoms. The van der Waals surface area contributed by atoms with Crippen molar-refractivity contribution in [3.63, 3.8) is 0 Å². The fraction of sp³-hybridized carbons (Fsp3) is 0.579. The Morgan fingerprint density at radius 1 is 1.43 bits per heavy atom. The number of benzene rings is 1. The third-order valence-electron chi connectivity index (χ3n) is 4.77. The zero-order chi connectivity index (χ0) is 20.0. The quantitative estimate of drug-likeness (QED) is 0.240. The summed E-state index contributed by atoms with van der Waals surface area (Å²) in [6, 6.07) is 5.33. The molecule has 1 heterocycles. The van der Waals surface area contributed by atoms with Gasteiger partial charge in [0, 0.05) is 37.2 Å². The van der Waals surface area contributed by atoms with Gasteiger partial charge in [0.25, 0.3) is 0 Å². The number of nitrogens with one attached hydrogen (secondary N) is 1. The minimum Gasteiger partial charge on any atom is -0.370 e. The van der Waals surface area contributed by atoms with Crippen molar-refractivity contribution >= 4 is 59.0 Å². The minimum atomic E-state index is -0.0702. The largest absolute Gasteiger partial charge is 0.370 e. The van der Waals surface area contributed by atoms with Gasteiger partial charge in [0.2, 0.25) is 5.91 Å². The first-order valence-corrected chi connectivity index (χ1v) is 10.0. The minimum absolute atomic E-state index is 0. The molecule has 1 aromatic rings. The van der Waals surface area contributed by atoms with Crippen molar-refractivity contribution in [2.45, 2.75) is 38.3 Å². The summed E-state index contributed by atoms with van der Waals surface area (Å²) in [5.41, 5.74) is 6.91. The highest BCUT2D eigenvalue weighted by molar-refractivity contribution is 14.0. The maximum atomic E-state index is 12.2. The molecule has 1 aromatic carbocycles. The zero-order valence-electron chi connectivity index (χ0n) is 16.6. The lowest BCUT2D eigenvalue weighted by Gasteiger charge is -2.25. The molecule has 1 saturated heterocycles. The molecule has 28 heavy (non-hydrogen) atoms. The topological polar surface area (TPSA) is 74.0 Å². The maximum absolute atomic E-state index is 12.2. The van der Waals surface area contributed by atoms with E-state index in [-0.39, 0.29) is 42.0 Å². The first-order chi connectivity index (χ1) is 12.8. The van der Waals surface area contributed by atoms with Gasteiger partial charge in [0.15, 0.2) is 5.96 Å². The molecule has 0 aliphatic carbocycles. The molecule has 2 rings (SSSR count). The molecule has 0 radical (unpaired) electrons. The van der Waals surface area contributed by atoms with Gasteiger partial charge in [-0.3, -0.25) is 14.7 Å². The lowest BCUT2D eigenvalue weighted by Crippen LogP contribution is -2.43. The molecule has 1 amide bonds. The van der Waals surface area contributed by atoms with Crippen molar-refractivity contribution in [1.29, 1.82) is 0 Å². The van der Waals surface area contributed by atoms with Crippen molar-refractivity contribution in [2.75, 3.05) is 33.7 Å². The van der Waals surface area contributed by atoms with E-state index in [2.05, 4.69) is 15.2 Å². The van der Waals surface area contributed by atoms with Gasteiger partial charge < -0.3 is 16.0 Å². The molecule has 1 aliphatic heterocycles. The average molecular weight is 542 g/mol. The number of likely N-dealkylation sites (tertiary alicyclic amines) is 1. The van der Waals surface area contributed by atoms with Crippen LogP contribution in [0.1, 0.15) is 37.8 Å². The van der Waals surface area contributed by atoms with Crippen LogP contribution < -0.4 is 11.1 Å². The van der Waals surface area contributed by atoms with Crippen LogP contribution in [0.25, 0.3) is 0 Å². The van der Waals surface area contributed by atoms with Crippen LogP contribution in [-0.2, 0) is 4.79 Å². The van der Waals surface area contributed by atoms with E-state index >= 15 is 0 Å². The van der Waals surface area contributed by atoms with Crippen LogP contribution in [0.15, 0.2) is 23.2 Å². The van der Waals surface area contributed by atoms with Gasteiger partial charge in [0.05, 0.1) is 12.1 Å². The molecule has 6 nitrogen and oxygen atoms in total. The SMILES string of the molecule is CC(NC(N)=NCCCN1CCCC1C(=O)N(C)C)c1ccc(Cl)cc1Cl.I. The average Bonchev–Trinajstić information content (AvgIpc) is 3.06. The third kappa shape index (κ3) is 7.24. The lowest BCUT2D eigenvalue weighted by molar-refractivity contribution is -0.133. The molecule has 2 unspecified atom stereocenters. The normalized spacial score (nSPS) is 18.5. The van der Waals surface area contributed by atoms with Crippen LogP contribution in [-0.4, -0.2) is 61.4 Å². The summed E-state index contributed by atoms with van der Waals surface area (Å²) in [5, 5.41) is 4.35. The number of likely N-dealkylation sites (N-methyl/N-ethyl adjacent to an activating group) is 1. The van der Waals surface area contributed by atoms with E-state index in [1.807, 2.05) is 27.1 Å². The van der Waals surface area contributed by atoms with Crippen molar-refractivity contribution in [3.05, 3.63) is 33.8 Å². The second-order valence-corrected chi connectivity index (χ2v) is 7.92. The molecular weight excluding hydrogens is 512 g/mol. The van der Waals surface area contributed by atoms with Gasteiger partial charge in [-0.1, -0.05) is 29.3 Å². The van der Waals surface area contributed by atoms with E-state index in [1.54, 1.807) is 17.0 Å². The van der Waals surface area contributed by atoms with Gasteiger partial charge in [-0.25, -0.2) is 0 Å². The van der Waals surface area contributed by atoms with Crippen molar-refractivity contribution in [2.24, 2.45) is 10.7 Å². The predicted molar refractivity (Wildman–Crippen MR) is 128 cm³/mol. The first kappa shape index (κ1) is 25.3. The molecular formula is C19H30Cl2IN5O. The van der Waals surface area contributed by atoms with Crippen molar-refractivity contribution in [1.82, 2.24) is 15.1 Å². The van der Waals surface area contributed by atoms with E-state index in [0.717, 1.165) is 37.9 Å². The van der Waals surface area contributed by atoms with Gasteiger partial charge in [-0.05, 0) is 50.4 Å². The Hall–Kier alpha value is -0.770. The Bertz CT molecular complexity index is 686. The van der Waals surface area contributed by atoms with Gasteiger partial charge in [-0.2, -0.15) is 0 Å². The summed E-state index contributed by atoms with van der Waals surface area (Å²) in [5.74, 6) is 0.571. The van der Waals surface area contributed by atoms with Crippen LogP contribution in [0.5, 0.6) is 0 Å². The van der Waals surface area contributed by atoms with Gasteiger partial charge in [0.1, 0.15) is 0 Å². The van der Waals surface area contributed by atoms with E-state index in [1.165, 1.54) is 0 Å². The fourth-order valence-electron chi connectivity index (χ4n) is 3.34. The van der Waals surface area contributed by atoms with Crippen molar-refractivity contribution < 1.29 is 4.79 Å². The monoisotopic (exact) mass is 541 g/mol. The Labute approximate surface area is 194 Å². The van der Waals surface area contributed by atoms with Crippen LogP contribution in [0.3, 0.4) is 0 Å². The zero-order valence-corrected chi connectivity index (χ0v) is 20.5. The van der Waals surface area contributed by atoms with Crippen LogP contribution in [0.2, 0.25) is 10.0 Å². The number of aliphatic imine (C=N–C) groups is 1. The number of rotatable bonds is 7. The Morgan fingerprint density at radius 2 is 2.14 bits per heavy atom. The molecule has 0 bridgehead atoms. The highest BCUT2D eigenvalue weighted by Gasteiger charge is 2.30. The van der Waals surface area contributed by atoms with Crippen LogP contribution in [0.4, 0.5) is 0 Å². The first-order valence-electron chi connectivity index (χ1n) is 9.26. The van der Waals surface area contributed by atoms with Crippen LogP contribution >= 0.6 is 47.2 Å². The number of nitrogens with zero attached hydrogens (tertiary/aromatic N) is 3. The highest BCUT2D eigenvalue weighted by Crippen LogP contribution is 2.26. The number of guanidine groups is 1. The summed E-state index contributed by atoms with van der Waals surface area (Å²) >= 11 is 12.2. The second kappa shape index (κ2) is 12.0. The van der Waals surface area contributed by atoms with Crippen LogP contribution in [0, 0.1) is 0 Å². The Kier molecular flexibility index (Phi) is 10.9. The number of amides is 1. The third-order valence-corrected chi connectivity index (χ3v) is 5.33. The molecule has 9 heteroatoms. The molecule has 0 aromatic heterocycles. The summed E-state index contributed by atoms with van der Waals surface area (Å²) < 4.78 is 0. The molecule has 1 fully saturated rings. The fourth-order valence-corrected chi connectivity index (χ4v) is 3.91. The van der Waals surface area contributed by atoms with Gasteiger partial charge >= 0.3 is 0 Å². The highest BCUT2D eigenvalue weighted by atomic mass is 127. The molecule has 0 saturated carbocycles. The Morgan fingerprint density at radius 3 is 2.79 bits per heavy atom. The van der Waals surface area contributed by atoms with E-state index < -0.39 is 0 Å². The summed E-state index contributed by atoms with van der Waals surface area (Å²) in [7, 11) is 3.62. The summed E-state index contributed by atoms with van der Waals surface area (Å²) in [6.45, 7) is 4.39. The smallest absolute Gasteiger partial charge is 0.239 e.